The van der Waals surface area contributed by atoms with Crippen LogP contribution in [0.5, 0.6) is 0 Å². The van der Waals surface area contributed by atoms with Gasteiger partial charge in [-0.3, -0.25) is 4.79 Å². The minimum absolute atomic E-state index is 0.0818. The smallest absolute Gasteiger partial charge is 0.319 e. The van der Waals surface area contributed by atoms with E-state index >= 15 is 0 Å². The van der Waals surface area contributed by atoms with Crippen LogP contribution in [0.25, 0.3) is 0 Å². The molecule has 2 atom stereocenters. The van der Waals surface area contributed by atoms with Crippen LogP contribution >= 0.6 is 0 Å². The predicted molar refractivity (Wildman–Crippen MR) is 112 cm³/mol. The third-order valence-electron chi connectivity index (χ3n) is 4.94. The van der Waals surface area contributed by atoms with E-state index in [4.69, 9.17) is 4.74 Å². The minimum atomic E-state index is -0.372. The van der Waals surface area contributed by atoms with Crippen LogP contribution < -0.4 is 16.0 Å². The summed E-state index contributed by atoms with van der Waals surface area (Å²) in [4.78, 5) is 28.7. The number of amides is 3. The first-order chi connectivity index (χ1) is 13.8. The summed E-state index contributed by atoms with van der Waals surface area (Å²) in [6.07, 6.45) is 6.62. The zero-order valence-corrected chi connectivity index (χ0v) is 17.1. The molecule has 0 aliphatic carbocycles. The molecule has 156 valence electrons. The van der Waals surface area contributed by atoms with Crippen molar-refractivity contribution >= 4 is 23.3 Å². The van der Waals surface area contributed by atoms with Gasteiger partial charge in [-0.1, -0.05) is 20.8 Å². The lowest BCUT2D eigenvalue weighted by Crippen LogP contribution is -2.47. The second kappa shape index (κ2) is 9.09. The van der Waals surface area contributed by atoms with E-state index in [1.54, 1.807) is 36.8 Å². The fourth-order valence-corrected chi connectivity index (χ4v) is 3.11. The molecular formula is C21H29N5O3. The van der Waals surface area contributed by atoms with E-state index < -0.39 is 0 Å². The van der Waals surface area contributed by atoms with Gasteiger partial charge in [0.25, 0.3) is 5.91 Å². The minimum Gasteiger partial charge on any atom is -0.368 e. The zero-order chi connectivity index (χ0) is 20.9. The molecular weight excluding hydrogens is 370 g/mol. The topological polar surface area (TPSA) is 97.3 Å². The van der Waals surface area contributed by atoms with Gasteiger partial charge in [0.2, 0.25) is 0 Å². The van der Waals surface area contributed by atoms with Crippen LogP contribution in [0.4, 0.5) is 16.2 Å². The number of anilines is 2. The van der Waals surface area contributed by atoms with Crippen molar-refractivity contribution in [3.63, 3.8) is 0 Å². The van der Waals surface area contributed by atoms with Crippen molar-refractivity contribution in [2.24, 2.45) is 5.41 Å². The lowest BCUT2D eigenvalue weighted by molar-refractivity contribution is -0.124. The SMILES string of the molecule is CC(C)(C)[C@@H](Cn1ccnc1)NC(=O)Nc1ccc(NC(=O)[C@H]2CCCO2)cc1. The van der Waals surface area contributed by atoms with Crippen LogP contribution in [0.2, 0.25) is 0 Å². The number of nitrogens with one attached hydrogen (secondary N) is 3. The number of carbonyl (C=O) groups excluding carboxylic acids is 2. The fraction of sp³-hybridized carbons (Fsp3) is 0.476. The molecule has 3 N–H and O–H groups in total. The Hall–Kier alpha value is -2.87. The number of aromatic nitrogens is 2. The van der Waals surface area contributed by atoms with Crippen molar-refractivity contribution in [3.05, 3.63) is 43.0 Å². The number of hydrogen-bond donors (Lipinski definition) is 3. The van der Waals surface area contributed by atoms with Crippen molar-refractivity contribution in [2.45, 2.75) is 52.3 Å². The van der Waals surface area contributed by atoms with E-state index in [1.807, 2.05) is 10.8 Å². The highest BCUT2D eigenvalue weighted by atomic mass is 16.5. The lowest BCUT2D eigenvalue weighted by Gasteiger charge is -2.31. The van der Waals surface area contributed by atoms with Gasteiger partial charge < -0.3 is 25.3 Å². The van der Waals surface area contributed by atoms with Gasteiger partial charge in [0.15, 0.2) is 0 Å². The number of ether oxygens (including phenoxy) is 1. The number of nitrogens with zero attached hydrogens (tertiary/aromatic N) is 2. The molecule has 8 heteroatoms. The lowest BCUT2D eigenvalue weighted by atomic mass is 9.86. The van der Waals surface area contributed by atoms with E-state index in [0.717, 1.165) is 12.8 Å². The molecule has 1 saturated heterocycles. The van der Waals surface area contributed by atoms with Crippen molar-refractivity contribution < 1.29 is 14.3 Å². The van der Waals surface area contributed by atoms with E-state index in [2.05, 4.69) is 41.7 Å². The Morgan fingerprint density at radius 1 is 1.21 bits per heavy atom. The molecule has 1 aliphatic rings. The van der Waals surface area contributed by atoms with Crippen molar-refractivity contribution in [1.29, 1.82) is 0 Å². The molecule has 1 aliphatic heterocycles. The molecule has 1 aromatic carbocycles. The molecule has 3 amide bonds. The molecule has 2 heterocycles. The van der Waals surface area contributed by atoms with Crippen molar-refractivity contribution in [3.8, 4) is 0 Å². The molecule has 8 nitrogen and oxygen atoms in total. The summed E-state index contributed by atoms with van der Waals surface area (Å²) in [6, 6.07) is 6.67. The third kappa shape index (κ3) is 6.05. The molecule has 0 saturated carbocycles. The number of hydrogen-bond acceptors (Lipinski definition) is 4. The van der Waals surface area contributed by atoms with Crippen molar-refractivity contribution in [1.82, 2.24) is 14.9 Å². The van der Waals surface area contributed by atoms with E-state index in [1.165, 1.54) is 0 Å². The summed E-state index contributed by atoms with van der Waals surface area (Å²) in [7, 11) is 0. The Labute approximate surface area is 171 Å². The molecule has 0 spiro atoms. The summed E-state index contributed by atoms with van der Waals surface area (Å²) in [5.41, 5.74) is 1.19. The summed E-state index contributed by atoms with van der Waals surface area (Å²) < 4.78 is 7.33. The van der Waals surface area contributed by atoms with Crippen LogP contribution in [0, 0.1) is 5.41 Å². The van der Waals surface area contributed by atoms with Gasteiger partial charge in [-0.15, -0.1) is 0 Å². The van der Waals surface area contributed by atoms with E-state index in [9.17, 15) is 9.59 Å². The van der Waals surface area contributed by atoms with Gasteiger partial charge in [0, 0.05) is 36.9 Å². The van der Waals surface area contributed by atoms with Crippen LogP contribution in [0.3, 0.4) is 0 Å². The molecule has 1 fully saturated rings. The average Bonchev–Trinajstić information content (AvgIpc) is 3.36. The number of benzene rings is 1. The molecule has 0 radical (unpaired) electrons. The van der Waals surface area contributed by atoms with E-state index in [-0.39, 0.29) is 29.5 Å². The predicted octanol–water partition coefficient (Wildman–Crippen LogP) is 3.24. The Morgan fingerprint density at radius 2 is 1.90 bits per heavy atom. The maximum absolute atomic E-state index is 12.5. The van der Waals surface area contributed by atoms with Gasteiger partial charge in [0.05, 0.1) is 12.4 Å². The Kier molecular flexibility index (Phi) is 6.53. The highest BCUT2D eigenvalue weighted by molar-refractivity contribution is 5.95. The molecule has 29 heavy (non-hydrogen) atoms. The monoisotopic (exact) mass is 399 g/mol. The second-order valence-electron chi connectivity index (χ2n) is 8.34. The quantitative estimate of drug-likeness (QED) is 0.695. The molecule has 0 bridgehead atoms. The van der Waals surface area contributed by atoms with Gasteiger partial charge >= 0.3 is 6.03 Å². The molecule has 0 unspecified atom stereocenters. The van der Waals surface area contributed by atoms with Crippen molar-refractivity contribution in [2.75, 3.05) is 17.2 Å². The number of rotatable bonds is 6. The van der Waals surface area contributed by atoms with Crippen LogP contribution in [0.15, 0.2) is 43.0 Å². The number of urea groups is 1. The Bertz CT molecular complexity index is 806. The largest absolute Gasteiger partial charge is 0.368 e. The van der Waals surface area contributed by atoms with Crippen LogP contribution in [0.1, 0.15) is 33.6 Å². The highest BCUT2D eigenvalue weighted by Gasteiger charge is 2.27. The first kappa shape index (κ1) is 20.9. The average molecular weight is 399 g/mol. The summed E-state index contributed by atoms with van der Waals surface area (Å²) in [5.74, 6) is -0.131. The second-order valence-corrected chi connectivity index (χ2v) is 8.34. The third-order valence-corrected chi connectivity index (χ3v) is 4.94. The Balaban J connectivity index is 1.54. The Morgan fingerprint density at radius 3 is 2.45 bits per heavy atom. The first-order valence-electron chi connectivity index (χ1n) is 9.87. The van der Waals surface area contributed by atoms with E-state index in [0.29, 0.717) is 24.5 Å². The normalized spacial score (nSPS) is 17.6. The number of carbonyl (C=O) groups is 2. The van der Waals surface area contributed by atoms with Crippen LogP contribution in [-0.4, -0.2) is 40.2 Å². The van der Waals surface area contributed by atoms with Gasteiger partial charge in [-0.05, 0) is 42.5 Å². The fourth-order valence-electron chi connectivity index (χ4n) is 3.11. The maximum Gasteiger partial charge on any atom is 0.319 e. The van der Waals surface area contributed by atoms with Gasteiger partial charge in [-0.2, -0.15) is 0 Å². The summed E-state index contributed by atoms with van der Waals surface area (Å²) in [6.45, 7) is 7.51. The number of imidazole rings is 1. The highest BCUT2D eigenvalue weighted by Crippen LogP contribution is 2.21. The summed E-state index contributed by atoms with van der Waals surface area (Å²) >= 11 is 0. The van der Waals surface area contributed by atoms with Gasteiger partial charge in [0.1, 0.15) is 6.10 Å². The molecule has 1 aromatic heterocycles. The van der Waals surface area contributed by atoms with Gasteiger partial charge in [-0.25, -0.2) is 9.78 Å². The molecule has 3 rings (SSSR count). The maximum atomic E-state index is 12.5. The zero-order valence-electron chi connectivity index (χ0n) is 17.1. The standard InChI is InChI=1S/C21H29N5O3/c1-21(2,3)18(13-26-11-10-22-14-26)25-20(28)24-16-8-6-15(7-9-16)23-19(27)17-5-4-12-29-17/h6-11,14,17-18H,4-5,12-13H2,1-3H3,(H,23,27)(H2,24,25,28)/t17-,18-/m1/s1. The summed E-state index contributed by atoms with van der Waals surface area (Å²) in [5, 5.41) is 8.73. The first-order valence-corrected chi connectivity index (χ1v) is 9.87. The molecule has 2 aromatic rings. The van der Waals surface area contributed by atoms with Crippen LogP contribution in [-0.2, 0) is 16.1 Å².